The second kappa shape index (κ2) is 5.98. The van der Waals surface area contributed by atoms with Crippen LogP contribution >= 0.6 is 0 Å². The molecule has 0 aliphatic heterocycles. The first kappa shape index (κ1) is 13.8. The normalized spacial score (nSPS) is 11.4. The van der Waals surface area contributed by atoms with Gasteiger partial charge in [-0.1, -0.05) is 30.3 Å². The lowest BCUT2D eigenvalue weighted by atomic mass is 10.0. The fourth-order valence-electron chi connectivity index (χ4n) is 1.85. The molecule has 0 spiro atoms. The van der Waals surface area contributed by atoms with Gasteiger partial charge in [0.25, 0.3) is 0 Å². The third kappa shape index (κ3) is 3.01. The van der Waals surface area contributed by atoms with E-state index in [0.29, 0.717) is 5.69 Å². The number of amides is 1. The van der Waals surface area contributed by atoms with Gasteiger partial charge in [0.2, 0.25) is 5.91 Å². The summed E-state index contributed by atoms with van der Waals surface area (Å²) in [5, 5.41) is 11.6. The van der Waals surface area contributed by atoms with E-state index in [2.05, 4.69) is 5.32 Å². The van der Waals surface area contributed by atoms with E-state index in [0.717, 1.165) is 11.6 Å². The minimum Gasteiger partial charge on any atom is -0.324 e. The number of rotatable bonds is 3. The van der Waals surface area contributed by atoms with Crippen LogP contribution in [0.1, 0.15) is 24.0 Å². The van der Waals surface area contributed by atoms with Crippen LogP contribution in [0.5, 0.6) is 0 Å². The van der Waals surface area contributed by atoms with Gasteiger partial charge in [-0.3, -0.25) is 4.79 Å². The second-order valence-corrected chi connectivity index (χ2v) is 4.42. The van der Waals surface area contributed by atoms with Gasteiger partial charge in [-0.2, -0.15) is 5.26 Å². The highest BCUT2D eigenvalue weighted by Crippen LogP contribution is 2.20. The number of nitrogens with zero attached hydrogens (tertiary/aromatic N) is 1. The standard InChI is InChI=1S/C16H13FN2O/c1-11(12-5-3-2-4-6-12)16(20)19-15-8-7-14(17)9-13(15)10-18/h2-9,11H,1H3,(H,19,20). The van der Waals surface area contributed by atoms with E-state index in [1.54, 1.807) is 6.92 Å². The molecule has 0 heterocycles. The molecule has 2 rings (SSSR count). The Morgan fingerprint density at radius 1 is 1.25 bits per heavy atom. The van der Waals surface area contributed by atoms with E-state index < -0.39 is 5.82 Å². The summed E-state index contributed by atoms with van der Waals surface area (Å²) in [5.74, 6) is -1.09. The van der Waals surface area contributed by atoms with Crippen LogP contribution in [0.15, 0.2) is 48.5 Å². The van der Waals surface area contributed by atoms with Gasteiger partial charge in [-0.25, -0.2) is 4.39 Å². The maximum Gasteiger partial charge on any atom is 0.231 e. The monoisotopic (exact) mass is 268 g/mol. The third-order valence-electron chi connectivity index (χ3n) is 3.05. The van der Waals surface area contributed by atoms with Crippen molar-refractivity contribution in [2.45, 2.75) is 12.8 Å². The molecule has 0 radical (unpaired) electrons. The molecule has 1 amide bonds. The Kier molecular flexibility index (Phi) is 4.11. The summed E-state index contributed by atoms with van der Waals surface area (Å²) in [7, 11) is 0. The largest absolute Gasteiger partial charge is 0.324 e. The summed E-state index contributed by atoms with van der Waals surface area (Å²) in [5.41, 5.74) is 1.31. The van der Waals surface area contributed by atoms with Gasteiger partial charge in [0.05, 0.1) is 17.2 Å². The molecule has 3 nitrogen and oxygen atoms in total. The molecule has 4 heteroatoms. The molecule has 0 aromatic heterocycles. The van der Waals surface area contributed by atoms with Crippen molar-refractivity contribution in [2.75, 3.05) is 5.32 Å². The number of nitrogens with one attached hydrogen (secondary N) is 1. The summed E-state index contributed by atoms with van der Waals surface area (Å²) in [6, 6.07) is 14.9. The highest BCUT2D eigenvalue weighted by molar-refractivity contribution is 5.96. The number of hydrogen-bond acceptors (Lipinski definition) is 2. The Labute approximate surface area is 116 Å². The molecular formula is C16H13FN2O. The summed E-state index contributed by atoms with van der Waals surface area (Å²) < 4.78 is 13.0. The molecule has 0 saturated carbocycles. The fourth-order valence-corrected chi connectivity index (χ4v) is 1.85. The van der Waals surface area contributed by atoms with E-state index >= 15 is 0 Å². The molecule has 100 valence electrons. The zero-order valence-electron chi connectivity index (χ0n) is 10.9. The summed E-state index contributed by atoms with van der Waals surface area (Å²) in [6.45, 7) is 1.78. The lowest BCUT2D eigenvalue weighted by Crippen LogP contribution is -2.19. The molecule has 20 heavy (non-hydrogen) atoms. The average Bonchev–Trinajstić information content (AvgIpc) is 2.49. The van der Waals surface area contributed by atoms with E-state index in [-0.39, 0.29) is 17.4 Å². The first-order valence-corrected chi connectivity index (χ1v) is 6.17. The molecule has 1 N–H and O–H groups in total. The van der Waals surface area contributed by atoms with Gasteiger partial charge in [0.15, 0.2) is 0 Å². The van der Waals surface area contributed by atoms with Gasteiger partial charge in [-0.05, 0) is 30.7 Å². The predicted molar refractivity (Wildman–Crippen MR) is 74.6 cm³/mol. The van der Waals surface area contributed by atoms with Gasteiger partial charge >= 0.3 is 0 Å². The summed E-state index contributed by atoms with van der Waals surface area (Å²) in [4.78, 5) is 12.2. The molecule has 0 aliphatic carbocycles. The Morgan fingerprint density at radius 3 is 2.60 bits per heavy atom. The highest BCUT2D eigenvalue weighted by atomic mass is 19.1. The van der Waals surface area contributed by atoms with E-state index in [1.165, 1.54) is 12.1 Å². The van der Waals surface area contributed by atoms with Gasteiger partial charge in [0, 0.05) is 0 Å². The van der Waals surface area contributed by atoms with Crippen LogP contribution in [0.2, 0.25) is 0 Å². The second-order valence-electron chi connectivity index (χ2n) is 4.42. The van der Waals surface area contributed by atoms with E-state index in [1.807, 2.05) is 36.4 Å². The molecule has 0 fully saturated rings. The van der Waals surface area contributed by atoms with Crippen molar-refractivity contribution in [1.29, 1.82) is 5.26 Å². The lowest BCUT2D eigenvalue weighted by Gasteiger charge is -2.13. The van der Waals surface area contributed by atoms with Crippen molar-refractivity contribution in [2.24, 2.45) is 0 Å². The van der Waals surface area contributed by atoms with Crippen molar-refractivity contribution in [3.63, 3.8) is 0 Å². The quantitative estimate of drug-likeness (QED) is 0.927. The first-order valence-electron chi connectivity index (χ1n) is 6.17. The Balaban J connectivity index is 2.19. The number of benzene rings is 2. The van der Waals surface area contributed by atoms with Crippen LogP contribution in [-0.2, 0) is 4.79 Å². The number of carbonyl (C=O) groups is 1. The molecule has 0 bridgehead atoms. The van der Waals surface area contributed by atoms with Crippen LogP contribution in [0.3, 0.4) is 0 Å². The third-order valence-corrected chi connectivity index (χ3v) is 3.05. The van der Waals surface area contributed by atoms with Crippen LogP contribution in [0.4, 0.5) is 10.1 Å². The molecule has 0 saturated heterocycles. The van der Waals surface area contributed by atoms with Gasteiger partial charge in [0.1, 0.15) is 11.9 Å². The Morgan fingerprint density at radius 2 is 1.95 bits per heavy atom. The van der Waals surface area contributed by atoms with Crippen molar-refractivity contribution in [1.82, 2.24) is 0 Å². The zero-order chi connectivity index (χ0) is 14.5. The number of halogens is 1. The lowest BCUT2D eigenvalue weighted by molar-refractivity contribution is -0.117. The summed E-state index contributed by atoms with van der Waals surface area (Å²) >= 11 is 0. The first-order chi connectivity index (χ1) is 9.61. The van der Waals surface area contributed by atoms with Crippen LogP contribution in [-0.4, -0.2) is 5.91 Å². The van der Waals surface area contributed by atoms with Crippen LogP contribution in [0.25, 0.3) is 0 Å². The number of carbonyl (C=O) groups excluding carboxylic acids is 1. The fraction of sp³-hybridized carbons (Fsp3) is 0.125. The van der Waals surface area contributed by atoms with Crippen molar-refractivity contribution < 1.29 is 9.18 Å². The van der Waals surface area contributed by atoms with Crippen LogP contribution < -0.4 is 5.32 Å². The Bertz CT molecular complexity index is 662. The highest BCUT2D eigenvalue weighted by Gasteiger charge is 2.16. The molecule has 1 unspecified atom stereocenters. The molecule has 2 aromatic rings. The molecule has 0 aliphatic rings. The van der Waals surface area contributed by atoms with E-state index in [9.17, 15) is 9.18 Å². The van der Waals surface area contributed by atoms with Gasteiger partial charge < -0.3 is 5.32 Å². The molecular weight excluding hydrogens is 255 g/mol. The maximum absolute atomic E-state index is 13.0. The SMILES string of the molecule is CC(C(=O)Nc1ccc(F)cc1C#N)c1ccccc1. The number of anilines is 1. The van der Waals surface area contributed by atoms with Crippen molar-refractivity contribution in [3.05, 3.63) is 65.5 Å². The summed E-state index contributed by atoms with van der Waals surface area (Å²) in [6.07, 6.45) is 0. The smallest absolute Gasteiger partial charge is 0.231 e. The zero-order valence-corrected chi connectivity index (χ0v) is 10.9. The number of nitriles is 1. The maximum atomic E-state index is 13.0. The molecule has 1 atom stereocenters. The van der Waals surface area contributed by atoms with Gasteiger partial charge in [-0.15, -0.1) is 0 Å². The topological polar surface area (TPSA) is 52.9 Å². The predicted octanol–water partition coefficient (Wildman–Crippen LogP) is 3.44. The Hall–Kier alpha value is -2.67. The van der Waals surface area contributed by atoms with Crippen molar-refractivity contribution >= 4 is 11.6 Å². The average molecular weight is 268 g/mol. The van der Waals surface area contributed by atoms with E-state index in [4.69, 9.17) is 5.26 Å². The molecule has 2 aromatic carbocycles. The van der Waals surface area contributed by atoms with Crippen molar-refractivity contribution in [3.8, 4) is 6.07 Å². The minimum atomic E-state index is -0.504. The number of hydrogen-bond donors (Lipinski definition) is 1. The van der Waals surface area contributed by atoms with Crippen LogP contribution in [0, 0.1) is 17.1 Å². The minimum absolute atomic E-state index is 0.110.